The van der Waals surface area contributed by atoms with Crippen molar-refractivity contribution in [3.8, 4) is 17.2 Å². The molecule has 0 aliphatic rings. The summed E-state index contributed by atoms with van der Waals surface area (Å²) in [6, 6.07) is 10.1. The number of benzene rings is 2. The van der Waals surface area contributed by atoms with Gasteiger partial charge in [0, 0.05) is 5.56 Å². The quantitative estimate of drug-likeness (QED) is 0.296. The average molecular weight is 383 g/mol. The molecule has 0 bridgehead atoms. The van der Waals surface area contributed by atoms with Crippen molar-refractivity contribution in [2.24, 2.45) is 0 Å². The topological polar surface area (TPSA) is 55.8 Å². The van der Waals surface area contributed by atoms with Gasteiger partial charge in [-0.3, -0.25) is 4.79 Å². The van der Waals surface area contributed by atoms with Crippen LogP contribution >= 0.6 is 0 Å². The van der Waals surface area contributed by atoms with Crippen molar-refractivity contribution in [2.75, 3.05) is 13.2 Å². The Labute approximate surface area is 167 Å². The second-order valence-electron chi connectivity index (χ2n) is 6.77. The highest BCUT2D eigenvalue weighted by molar-refractivity contribution is 6.07. The first-order valence-corrected chi connectivity index (χ1v) is 9.97. The summed E-state index contributed by atoms with van der Waals surface area (Å²) >= 11 is 0. The Bertz CT molecular complexity index is 791. The van der Waals surface area contributed by atoms with Gasteiger partial charge in [0.25, 0.3) is 0 Å². The number of phenolic OH excluding ortho intramolecular Hbond substituents is 1. The van der Waals surface area contributed by atoms with Crippen LogP contribution in [0, 0.1) is 6.92 Å². The maximum atomic E-state index is 12.5. The first-order chi connectivity index (χ1) is 13.6. The fraction of sp³-hybridized carbons (Fsp3) is 0.375. The maximum absolute atomic E-state index is 12.5. The molecule has 4 heteroatoms. The van der Waals surface area contributed by atoms with Crippen LogP contribution in [0.2, 0.25) is 0 Å². The highest BCUT2D eigenvalue weighted by atomic mass is 16.5. The third-order valence-corrected chi connectivity index (χ3v) is 4.41. The fourth-order valence-corrected chi connectivity index (χ4v) is 2.69. The minimum atomic E-state index is -0.138. The van der Waals surface area contributed by atoms with Gasteiger partial charge in [0.2, 0.25) is 0 Å². The van der Waals surface area contributed by atoms with Crippen molar-refractivity contribution in [2.45, 2.75) is 46.5 Å². The summed E-state index contributed by atoms with van der Waals surface area (Å²) < 4.78 is 12.0. The van der Waals surface area contributed by atoms with Crippen LogP contribution in [0.5, 0.6) is 17.2 Å². The molecule has 2 rings (SSSR count). The Morgan fingerprint density at radius 2 is 1.61 bits per heavy atom. The molecule has 0 heterocycles. The van der Waals surface area contributed by atoms with Gasteiger partial charge in [-0.2, -0.15) is 0 Å². The van der Waals surface area contributed by atoms with Crippen molar-refractivity contribution in [3.63, 3.8) is 0 Å². The molecule has 0 radical (unpaired) electrons. The summed E-state index contributed by atoms with van der Waals surface area (Å²) in [5.41, 5.74) is 2.32. The molecule has 2 aromatic rings. The number of aromatic hydroxyl groups is 1. The number of aryl methyl sites for hydroxylation is 1. The van der Waals surface area contributed by atoms with Crippen LogP contribution in [-0.2, 0) is 0 Å². The standard InChI is InChI=1S/C24H30O4/c1-4-6-16-27-23-15-8-18(3)24(28-17-7-5-2)21(23)13-14-22(26)19-9-11-20(25)12-10-19/h8-15,25H,4-7,16-17H2,1-3H3. The number of ketones is 1. The van der Waals surface area contributed by atoms with E-state index in [2.05, 4.69) is 13.8 Å². The molecule has 0 aliphatic carbocycles. The zero-order chi connectivity index (χ0) is 20.4. The van der Waals surface area contributed by atoms with Gasteiger partial charge >= 0.3 is 0 Å². The molecule has 150 valence electrons. The Balaban J connectivity index is 2.31. The molecule has 0 aliphatic heterocycles. The summed E-state index contributed by atoms with van der Waals surface area (Å²) in [4.78, 5) is 12.5. The number of ether oxygens (including phenoxy) is 2. The second kappa shape index (κ2) is 11.2. The normalized spacial score (nSPS) is 11.0. The van der Waals surface area contributed by atoms with Crippen LogP contribution in [0.25, 0.3) is 6.08 Å². The fourth-order valence-electron chi connectivity index (χ4n) is 2.69. The number of unbranched alkanes of at least 4 members (excludes halogenated alkanes) is 2. The molecule has 0 fully saturated rings. The molecule has 1 N–H and O–H groups in total. The van der Waals surface area contributed by atoms with Crippen LogP contribution in [0.1, 0.15) is 61.0 Å². The van der Waals surface area contributed by atoms with Crippen LogP contribution in [0.4, 0.5) is 0 Å². The number of allylic oxidation sites excluding steroid dienone is 1. The lowest BCUT2D eigenvalue weighted by molar-refractivity contribution is 0.104. The Morgan fingerprint density at radius 3 is 2.25 bits per heavy atom. The van der Waals surface area contributed by atoms with Crippen LogP contribution in [-0.4, -0.2) is 24.1 Å². The number of phenols is 1. The number of rotatable bonds is 11. The third kappa shape index (κ3) is 6.15. The second-order valence-corrected chi connectivity index (χ2v) is 6.77. The molecular weight excluding hydrogens is 352 g/mol. The van der Waals surface area contributed by atoms with E-state index in [1.165, 1.54) is 18.2 Å². The smallest absolute Gasteiger partial charge is 0.185 e. The van der Waals surface area contributed by atoms with Gasteiger partial charge in [-0.15, -0.1) is 0 Å². The molecule has 28 heavy (non-hydrogen) atoms. The van der Waals surface area contributed by atoms with Gasteiger partial charge in [-0.1, -0.05) is 32.8 Å². The summed E-state index contributed by atoms with van der Waals surface area (Å²) in [6.45, 7) is 7.49. The Hall–Kier alpha value is -2.75. The van der Waals surface area contributed by atoms with Crippen molar-refractivity contribution < 1.29 is 19.4 Å². The van der Waals surface area contributed by atoms with E-state index >= 15 is 0 Å². The highest BCUT2D eigenvalue weighted by Crippen LogP contribution is 2.34. The predicted molar refractivity (Wildman–Crippen MR) is 113 cm³/mol. The molecule has 2 aromatic carbocycles. The molecule has 0 amide bonds. The monoisotopic (exact) mass is 382 g/mol. The lowest BCUT2D eigenvalue weighted by Gasteiger charge is -2.16. The minimum absolute atomic E-state index is 0.137. The van der Waals surface area contributed by atoms with E-state index in [1.807, 2.05) is 19.1 Å². The van der Waals surface area contributed by atoms with Crippen molar-refractivity contribution in [3.05, 3.63) is 59.2 Å². The highest BCUT2D eigenvalue weighted by Gasteiger charge is 2.13. The van der Waals surface area contributed by atoms with E-state index in [9.17, 15) is 9.90 Å². The van der Waals surface area contributed by atoms with E-state index in [4.69, 9.17) is 9.47 Å². The maximum Gasteiger partial charge on any atom is 0.185 e. The van der Waals surface area contributed by atoms with Gasteiger partial charge in [-0.05, 0) is 67.8 Å². The van der Waals surface area contributed by atoms with E-state index in [1.54, 1.807) is 18.2 Å². The van der Waals surface area contributed by atoms with Crippen LogP contribution in [0.3, 0.4) is 0 Å². The van der Waals surface area contributed by atoms with Gasteiger partial charge in [0.15, 0.2) is 5.78 Å². The van der Waals surface area contributed by atoms with Crippen LogP contribution in [0.15, 0.2) is 42.5 Å². The largest absolute Gasteiger partial charge is 0.508 e. The third-order valence-electron chi connectivity index (χ3n) is 4.41. The van der Waals surface area contributed by atoms with Gasteiger partial charge in [-0.25, -0.2) is 0 Å². The van der Waals surface area contributed by atoms with E-state index in [0.29, 0.717) is 18.8 Å². The zero-order valence-electron chi connectivity index (χ0n) is 17.0. The van der Waals surface area contributed by atoms with Gasteiger partial charge in [0.1, 0.15) is 17.2 Å². The average Bonchev–Trinajstić information content (AvgIpc) is 2.69. The number of hydrogen-bond acceptors (Lipinski definition) is 4. The molecule has 0 unspecified atom stereocenters. The molecular formula is C24H30O4. The molecule has 0 atom stereocenters. The number of carbonyl (C=O) groups excluding carboxylic acids is 1. The SMILES string of the molecule is CCCCOc1ccc(C)c(OCCCC)c1C=CC(=O)c1ccc(O)cc1. The van der Waals surface area contributed by atoms with E-state index in [-0.39, 0.29) is 11.5 Å². The molecule has 0 aromatic heterocycles. The first kappa shape index (κ1) is 21.5. The molecule has 0 saturated carbocycles. The Kier molecular flexibility index (Phi) is 8.60. The molecule has 4 nitrogen and oxygen atoms in total. The van der Waals surface area contributed by atoms with Crippen LogP contribution < -0.4 is 9.47 Å². The predicted octanol–water partition coefficient (Wildman–Crippen LogP) is 5.95. The Morgan fingerprint density at radius 1 is 0.964 bits per heavy atom. The van der Waals surface area contributed by atoms with Crippen molar-refractivity contribution >= 4 is 11.9 Å². The van der Waals surface area contributed by atoms with Crippen molar-refractivity contribution in [1.29, 1.82) is 0 Å². The minimum Gasteiger partial charge on any atom is -0.508 e. The van der Waals surface area contributed by atoms with E-state index in [0.717, 1.165) is 48.3 Å². The molecule has 0 spiro atoms. The number of hydrogen-bond donors (Lipinski definition) is 1. The summed E-state index contributed by atoms with van der Waals surface area (Å²) in [6.07, 6.45) is 7.34. The lowest BCUT2D eigenvalue weighted by atomic mass is 10.1. The summed E-state index contributed by atoms with van der Waals surface area (Å²) in [5, 5.41) is 9.39. The van der Waals surface area contributed by atoms with Crippen molar-refractivity contribution in [1.82, 2.24) is 0 Å². The van der Waals surface area contributed by atoms with E-state index < -0.39 is 0 Å². The zero-order valence-corrected chi connectivity index (χ0v) is 17.0. The number of carbonyl (C=O) groups is 1. The summed E-state index contributed by atoms with van der Waals surface area (Å²) in [7, 11) is 0. The summed E-state index contributed by atoms with van der Waals surface area (Å²) in [5.74, 6) is 1.48. The van der Waals surface area contributed by atoms with Gasteiger partial charge in [0.05, 0.1) is 18.8 Å². The lowest BCUT2D eigenvalue weighted by Crippen LogP contribution is -2.04. The first-order valence-electron chi connectivity index (χ1n) is 9.97. The molecule has 0 saturated heterocycles. The van der Waals surface area contributed by atoms with Gasteiger partial charge < -0.3 is 14.6 Å².